The molecule has 4 fully saturated rings. The van der Waals surface area contributed by atoms with Crippen LogP contribution in [0.1, 0.15) is 68.2 Å². The minimum absolute atomic E-state index is 0.123. The number of allylic oxidation sites excluding steroid dienone is 2. The number of imide groups is 1. The molecule has 58 heavy (non-hydrogen) atoms. The largest absolute Gasteiger partial charge is 0.501 e. The molecule has 306 valence electrons. The van der Waals surface area contributed by atoms with Crippen molar-refractivity contribution in [1.29, 1.82) is 0 Å². The number of carbonyl (C=O) groups excluding carboxylic acids is 2. The second kappa shape index (κ2) is 14.3. The lowest BCUT2D eigenvalue weighted by molar-refractivity contribution is -0.180. The standard InChI is InChI=1S/C43H49F2N7O6/c1-48-22-29(27-20-31(25-8-9-25)46-21-28(27)40(48)55)26-18-35(57-3)30(36(19-26)58-4)23-50-15-12-42(43(44,45)24-50)13-16-51(17-14-42)32-6-5-7-33-38(32)49(2)41(56)52(33)34-10-11-37(53)47-39(34)54/h5-7,18-22,25,30,34-35H,8-17,23-24H2,1-4H3,(H,47,53,54). The highest BCUT2D eigenvalue weighted by atomic mass is 19.3. The van der Waals surface area contributed by atoms with E-state index in [9.17, 15) is 19.2 Å². The maximum atomic E-state index is 16.6. The Morgan fingerprint density at radius 1 is 0.983 bits per heavy atom. The summed E-state index contributed by atoms with van der Waals surface area (Å²) >= 11 is 0. The molecule has 15 heteroatoms. The minimum atomic E-state index is -2.96. The number of ether oxygens (including phenoxy) is 2. The third-order valence-corrected chi connectivity index (χ3v) is 13.5. The first-order valence-corrected chi connectivity index (χ1v) is 20.2. The van der Waals surface area contributed by atoms with Gasteiger partial charge in [-0.1, -0.05) is 6.07 Å². The molecule has 0 radical (unpaired) electrons. The number of benzene rings is 1. The summed E-state index contributed by atoms with van der Waals surface area (Å²) in [5.74, 6) is -3.10. The van der Waals surface area contributed by atoms with Gasteiger partial charge >= 0.3 is 5.69 Å². The summed E-state index contributed by atoms with van der Waals surface area (Å²) in [6.45, 7) is 1.22. The zero-order valence-corrected chi connectivity index (χ0v) is 33.3. The first-order chi connectivity index (χ1) is 27.8. The van der Waals surface area contributed by atoms with Crippen molar-refractivity contribution in [3.05, 3.63) is 86.7 Å². The lowest BCUT2D eigenvalue weighted by atomic mass is 9.68. The Labute approximate surface area is 333 Å². The zero-order valence-electron chi connectivity index (χ0n) is 33.3. The van der Waals surface area contributed by atoms with Gasteiger partial charge in [-0.2, -0.15) is 0 Å². The first kappa shape index (κ1) is 38.4. The summed E-state index contributed by atoms with van der Waals surface area (Å²) in [6.07, 6.45) is 10.5. The molecule has 5 aliphatic rings. The highest BCUT2D eigenvalue weighted by Crippen LogP contribution is 2.52. The fourth-order valence-corrected chi connectivity index (χ4v) is 9.99. The first-order valence-electron chi connectivity index (χ1n) is 20.2. The normalized spacial score (nSPS) is 24.9. The molecular weight excluding hydrogens is 749 g/mol. The van der Waals surface area contributed by atoms with Gasteiger partial charge in [0, 0.05) is 82.2 Å². The molecule has 13 nitrogen and oxygen atoms in total. The Kier molecular flexibility index (Phi) is 9.46. The molecule has 2 aliphatic carbocycles. The lowest BCUT2D eigenvalue weighted by Crippen LogP contribution is -2.60. The number of rotatable bonds is 8. The minimum Gasteiger partial charge on any atom is -0.501 e. The predicted octanol–water partition coefficient (Wildman–Crippen LogP) is 4.63. The summed E-state index contributed by atoms with van der Waals surface area (Å²) in [6, 6.07) is 6.73. The van der Waals surface area contributed by atoms with Crippen molar-refractivity contribution in [3.8, 4) is 0 Å². The number of piperidine rings is 3. The monoisotopic (exact) mass is 797 g/mol. The number of halogens is 2. The number of carbonyl (C=O) groups is 2. The van der Waals surface area contributed by atoms with Crippen molar-refractivity contribution in [2.75, 3.05) is 51.8 Å². The van der Waals surface area contributed by atoms with Gasteiger partial charge in [0.2, 0.25) is 11.8 Å². The summed E-state index contributed by atoms with van der Waals surface area (Å²) in [5, 5.41) is 3.71. The second-order valence-corrected chi connectivity index (χ2v) is 16.8. The number of fused-ring (bicyclic) bond motifs is 2. The van der Waals surface area contributed by atoms with Crippen LogP contribution >= 0.6 is 0 Å². The van der Waals surface area contributed by atoms with Crippen molar-refractivity contribution in [1.82, 2.24) is 28.9 Å². The molecule has 1 aromatic carbocycles. The number of pyridine rings is 2. The van der Waals surface area contributed by atoms with E-state index in [4.69, 9.17) is 9.47 Å². The topological polar surface area (TPSA) is 133 Å². The maximum absolute atomic E-state index is 16.6. The number of hydrogen-bond acceptors (Lipinski definition) is 9. The Hall–Kier alpha value is -5.15. The van der Waals surface area contributed by atoms with Gasteiger partial charge in [0.05, 0.1) is 47.8 Å². The molecule has 6 heterocycles. The van der Waals surface area contributed by atoms with Crippen LogP contribution in [0.4, 0.5) is 14.5 Å². The van der Waals surface area contributed by atoms with Gasteiger partial charge in [0.1, 0.15) is 11.8 Å². The Morgan fingerprint density at radius 2 is 1.74 bits per heavy atom. The van der Waals surface area contributed by atoms with Crippen molar-refractivity contribution < 1.29 is 27.8 Å². The zero-order chi connectivity index (χ0) is 40.7. The van der Waals surface area contributed by atoms with Crippen LogP contribution in [0.3, 0.4) is 0 Å². The van der Waals surface area contributed by atoms with E-state index < -0.39 is 29.4 Å². The highest BCUT2D eigenvalue weighted by Gasteiger charge is 2.57. The second-order valence-electron chi connectivity index (χ2n) is 16.8. The lowest BCUT2D eigenvalue weighted by Gasteiger charge is -2.52. The van der Waals surface area contributed by atoms with Gasteiger partial charge in [0.15, 0.2) is 0 Å². The summed E-state index contributed by atoms with van der Waals surface area (Å²) in [4.78, 5) is 59.7. The van der Waals surface area contributed by atoms with E-state index in [0.29, 0.717) is 60.7 Å². The molecular formula is C43H49F2N7O6. The van der Waals surface area contributed by atoms with Gasteiger partial charge in [-0.3, -0.25) is 38.7 Å². The Morgan fingerprint density at radius 3 is 2.43 bits per heavy atom. The van der Waals surface area contributed by atoms with Gasteiger partial charge in [-0.05, 0) is 86.4 Å². The van der Waals surface area contributed by atoms with E-state index in [0.717, 1.165) is 40.7 Å². The maximum Gasteiger partial charge on any atom is 0.329 e. The molecule has 0 bridgehead atoms. The van der Waals surface area contributed by atoms with Crippen LogP contribution < -0.4 is 21.5 Å². The van der Waals surface area contributed by atoms with Gasteiger partial charge in [-0.15, -0.1) is 0 Å². The number of imidazole rings is 1. The number of anilines is 1. The van der Waals surface area contributed by atoms with Crippen LogP contribution in [-0.4, -0.2) is 94.4 Å². The van der Waals surface area contributed by atoms with Crippen LogP contribution in [0.5, 0.6) is 0 Å². The van der Waals surface area contributed by atoms with E-state index in [1.807, 2.05) is 41.4 Å². The van der Waals surface area contributed by atoms with Crippen molar-refractivity contribution in [3.63, 3.8) is 0 Å². The SMILES string of the molecule is COC1=CC(c2cn(C)c(=O)c3cnc(C4CC4)cc23)=CC(OC)C1CN1CCC2(CCN(c3cccc4c3n(C)c(=O)n4C3CCC(=O)NC3=O)CC2)C(F)(F)C1. The van der Waals surface area contributed by atoms with Crippen LogP contribution in [0.2, 0.25) is 0 Å². The van der Waals surface area contributed by atoms with E-state index in [1.54, 1.807) is 45.1 Å². The van der Waals surface area contributed by atoms with Gasteiger partial charge in [0.25, 0.3) is 11.5 Å². The number of para-hydroxylation sites is 1. The van der Waals surface area contributed by atoms with Crippen molar-refractivity contribution >= 4 is 44.9 Å². The molecule has 3 atom stereocenters. The molecule has 1 saturated carbocycles. The molecule has 3 unspecified atom stereocenters. The number of nitrogens with zero attached hydrogens (tertiary/aromatic N) is 6. The van der Waals surface area contributed by atoms with Crippen LogP contribution in [0.15, 0.2) is 64.2 Å². The summed E-state index contributed by atoms with van der Waals surface area (Å²) in [5.41, 5.74) is 3.00. The Bertz CT molecular complexity index is 2530. The number of hydrogen-bond donors (Lipinski definition) is 1. The molecule has 4 aromatic rings. The summed E-state index contributed by atoms with van der Waals surface area (Å²) in [7, 11) is 6.59. The average molecular weight is 798 g/mol. The number of methoxy groups -OCH3 is 2. The highest BCUT2D eigenvalue weighted by molar-refractivity contribution is 6.00. The molecule has 3 saturated heterocycles. The van der Waals surface area contributed by atoms with Crippen LogP contribution in [-0.2, 0) is 33.2 Å². The van der Waals surface area contributed by atoms with E-state index in [1.165, 1.54) is 9.13 Å². The van der Waals surface area contributed by atoms with E-state index in [2.05, 4.69) is 15.2 Å². The smallest absolute Gasteiger partial charge is 0.329 e. The quantitative estimate of drug-likeness (QED) is 0.254. The molecule has 3 aliphatic heterocycles. The van der Waals surface area contributed by atoms with Crippen molar-refractivity contribution in [2.45, 2.75) is 68.9 Å². The number of alkyl halides is 2. The average Bonchev–Trinajstić information content (AvgIpc) is 4.04. The van der Waals surface area contributed by atoms with E-state index >= 15 is 8.78 Å². The van der Waals surface area contributed by atoms with Gasteiger partial charge in [-0.25, -0.2) is 13.6 Å². The third-order valence-electron chi connectivity index (χ3n) is 13.5. The van der Waals surface area contributed by atoms with Crippen LogP contribution in [0, 0.1) is 11.3 Å². The fraction of sp³-hybridized carbons (Fsp3) is 0.512. The number of aromatic nitrogens is 4. The predicted molar refractivity (Wildman–Crippen MR) is 215 cm³/mol. The molecule has 1 N–H and O–H groups in total. The molecule has 2 amide bonds. The molecule has 9 rings (SSSR count). The molecule has 3 aromatic heterocycles. The van der Waals surface area contributed by atoms with E-state index in [-0.39, 0.29) is 55.3 Å². The Balaban J connectivity index is 0.916. The fourth-order valence-electron chi connectivity index (χ4n) is 9.99. The number of amides is 2. The number of nitrogens with one attached hydrogen (secondary N) is 1. The van der Waals surface area contributed by atoms with Crippen molar-refractivity contribution in [2.24, 2.45) is 25.4 Å². The van der Waals surface area contributed by atoms with Gasteiger partial charge < -0.3 is 18.9 Å². The molecule has 1 spiro atoms. The third kappa shape index (κ3) is 6.28. The summed E-state index contributed by atoms with van der Waals surface area (Å²) < 4.78 is 49.7. The number of likely N-dealkylation sites (tertiary alicyclic amines) is 1. The number of aryl methyl sites for hydroxylation is 2. The van der Waals surface area contributed by atoms with Crippen LogP contribution in [0.25, 0.3) is 27.4 Å².